The number of benzene rings is 2. The number of anilines is 1. The van der Waals surface area contributed by atoms with Gasteiger partial charge in [-0.25, -0.2) is 0 Å². The Labute approximate surface area is 129 Å². The molecule has 2 N–H and O–H groups in total. The Bertz CT molecular complexity index is 715. The SMILES string of the molecule is CCN(Cc1ccc(N)cc1)Cc1csc2ccccc12. The summed E-state index contributed by atoms with van der Waals surface area (Å²) in [4.78, 5) is 2.46. The van der Waals surface area contributed by atoms with Crippen molar-refractivity contribution in [2.45, 2.75) is 20.0 Å². The Balaban J connectivity index is 1.76. The van der Waals surface area contributed by atoms with E-state index in [1.165, 1.54) is 21.2 Å². The average molecular weight is 296 g/mol. The summed E-state index contributed by atoms with van der Waals surface area (Å²) in [6.45, 7) is 5.20. The minimum Gasteiger partial charge on any atom is -0.399 e. The molecule has 0 bridgehead atoms. The summed E-state index contributed by atoms with van der Waals surface area (Å²) in [6.07, 6.45) is 0. The summed E-state index contributed by atoms with van der Waals surface area (Å²) >= 11 is 1.83. The first-order valence-corrected chi connectivity index (χ1v) is 8.16. The number of nitrogen functional groups attached to an aromatic ring is 1. The smallest absolute Gasteiger partial charge is 0.0346 e. The molecule has 0 amide bonds. The highest BCUT2D eigenvalue weighted by Gasteiger charge is 2.09. The van der Waals surface area contributed by atoms with Gasteiger partial charge in [-0.1, -0.05) is 37.3 Å². The maximum atomic E-state index is 5.75. The van der Waals surface area contributed by atoms with Crippen molar-refractivity contribution in [3.8, 4) is 0 Å². The molecule has 0 aliphatic heterocycles. The molecule has 0 saturated heterocycles. The quantitative estimate of drug-likeness (QED) is 0.702. The van der Waals surface area contributed by atoms with Crippen LogP contribution in [0.3, 0.4) is 0 Å². The third-order valence-electron chi connectivity index (χ3n) is 3.79. The monoisotopic (exact) mass is 296 g/mol. The molecule has 3 aromatic rings. The van der Waals surface area contributed by atoms with Gasteiger partial charge in [0.25, 0.3) is 0 Å². The molecular weight excluding hydrogens is 276 g/mol. The molecule has 0 aliphatic rings. The molecule has 0 fully saturated rings. The van der Waals surface area contributed by atoms with Gasteiger partial charge >= 0.3 is 0 Å². The zero-order valence-corrected chi connectivity index (χ0v) is 13.1. The van der Waals surface area contributed by atoms with Crippen LogP contribution in [-0.2, 0) is 13.1 Å². The maximum Gasteiger partial charge on any atom is 0.0346 e. The van der Waals surface area contributed by atoms with Crippen LogP contribution in [-0.4, -0.2) is 11.4 Å². The van der Waals surface area contributed by atoms with E-state index in [0.29, 0.717) is 0 Å². The van der Waals surface area contributed by atoms with Crippen LogP contribution in [0.1, 0.15) is 18.1 Å². The van der Waals surface area contributed by atoms with Crippen molar-refractivity contribution in [3.63, 3.8) is 0 Å². The second-order valence-corrected chi connectivity index (χ2v) is 6.21. The van der Waals surface area contributed by atoms with Crippen molar-refractivity contribution in [2.24, 2.45) is 0 Å². The molecule has 0 saturated carbocycles. The molecule has 2 aromatic carbocycles. The van der Waals surface area contributed by atoms with Crippen molar-refractivity contribution in [3.05, 3.63) is 65.0 Å². The second-order valence-electron chi connectivity index (χ2n) is 5.30. The van der Waals surface area contributed by atoms with E-state index >= 15 is 0 Å². The van der Waals surface area contributed by atoms with Crippen LogP contribution in [0.25, 0.3) is 10.1 Å². The van der Waals surface area contributed by atoms with E-state index in [1.54, 1.807) is 0 Å². The maximum absolute atomic E-state index is 5.75. The van der Waals surface area contributed by atoms with Gasteiger partial charge in [0.1, 0.15) is 0 Å². The highest BCUT2D eigenvalue weighted by atomic mass is 32.1. The fraction of sp³-hybridized carbons (Fsp3) is 0.222. The molecule has 0 spiro atoms. The van der Waals surface area contributed by atoms with Gasteiger partial charge in [0.2, 0.25) is 0 Å². The average Bonchev–Trinajstić information content (AvgIpc) is 2.92. The number of hydrogen-bond donors (Lipinski definition) is 1. The zero-order valence-electron chi connectivity index (χ0n) is 12.3. The number of nitrogens with zero attached hydrogens (tertiary/aromatic N) is 1. The van der Waals surface area contributed by atoms with E-state index in [2.05, 4.69) is 53.6 Å². The molecule has 2 nitrogen and oxygen atoms in total. The number of fused-ring (bicyclic) bond motifs is 1. The molecule has 21 heavy (non-hydrogen) atoms. The largest absolute Gasteiger partial charge is 0.399 e. The number of hydrogen-bond acceptors (Lipinski definition) is 3. The highest BCUT2D eigenvalue weighted by molar-refractivity contribution is 7.17. The molecule has 108 valence electrons. The Morgan fingerprint density at radius 2 is 1.76 bits per heavy atom. The topological polar surface area (TPSA) is 29.3 Å². The molecule has 1 heterocycles. The van der Waals surface area contributed by atoms with E-state index in [-0.39, 0.29) is 0 Å². The number of nitrogens with two attached hydrogens (primary N) is 1. The van der Waals surface area contributed by atoms with Crippen LogP contribution in [0.15, 0.2) is 53.9 Å². The minimum atomic E-state index is 0.825. The van der Waals surface area contributed by atoms with Crippen LogP contribution >= 0.6 is 11.3 Å². The van der Waals surface area contributed by atoms with E-state index in [9.17, 15) is 0 Å². The second kappa shape index (κ2) is 6.29. The van der Waals surface area contributed by atoms with Crippen LogP contribution in [0.2, 0.25) is 0 Å². The number of thiophene rings is 1. The normalized spacial score (nSPS) is 11.3. The first-order valence-electron chi connectivity index (χ1n) is 7.28. The van der Waals surface area contributed by atoms with Gasteiger partial charge in [0.15, 0.2) is 0 Å². The first kappa shape index (κ1) is 14.1. The zero-order chi connectivity index (χ0) is 14.7. The Morgan fingerprint density at radius 3 is 2.52 bits per heavy atom. The van der Waals surface area contributed by atoms with Gasteiger partial charge < -0.3 is 5.73 Å². The van der Waals surface area contributed by atoms with E-state index in [0.717, 1.165) is 25.3 Å². The lowest BCUT2D eigenvalue weighted by atomic mass is 10.1. The van der Waals surface area contributed by atoms with Crippen LogP contribution in [0.5, 0.6) is 0 Å². The first-order chi connectivity index (χ1) is 10.3. The van der Waals surface area contributed by atoms with Crippen LogP contribution < -0.4 is 5.73 Å². The lowest BCUT2D eigenvalue weighted by Crippen LogP contribution is -2.22. The van der Waals surface area contributed by atoms with Gasteiger partial charge in [-0.15, -0.1) is 11.3 Å². The molecule has 1 aromatic heterocycles. The van der Waals surface area contributed by atoms with Gasteiger partial charge in [-0.05, 0) is 46.6 Å². The summed E-state index contributed by atoms with van der Waals surface area (Å²) in [5.74, 6) is 0. The summed E-state index contributed by atoms with van der Waals surface area (Å²) < 4.78 is 1.37. The summed E-state index contributed by atoms with van der Waals surface area (Å²) in [5, 5.41) is 3.68. The summed E-state index contributed by atoms with van der Waals surface area (Å²) in [6, 6.07) is 16.8. The standard InChI is InChI=1S/C18H20N2S/c1-2-20(11-14-7-9-16(19)10-8-14)12-15-13-21-18-6-4-3-5-17(15)18/h3-10,13H,2,11-12,19H2,1H3. The third-order valence-corrected chi connectivity index (χ3v) is 4.80. The predicted molar refractivity (Wildman–Crippen MR) is 92.5 cm³/mol. The molecule has 3 rings (SSSR count). The fourth-order valence-corrected chi connectivity index (χ4v) is 3.51. The summed E-state index contributed by atoms with van der Waals surface area (Å²) in [5.41, 5.74) is 9.31. The van der Waals surface area contributed by atoms with Crippen LogP contribution in [0.4, 0.5) is 5.69 Å². The van der Waals surface area contributed by atoms with Gasteiger partial charge in [0, 0.05) is 23.5 Å². The molecule has 0 aliphatic carbocycles. The van der Waals surface area contributed by atoms with Gasteiger partial charge in [-0.3, -0.25) is 4.90 Å². The predicted octanol–water partition coefficient (Wildman–Crippen LogP) is 4.51. The van der Waals surface area contributed by atoms with Crippen molar-refractivity contribution >= 4 is 27.1 Å². The Kier molecular flexibility index (Phi) is 4.23. The highest BCUT2D eigenvalue weighted by Crippen LogP contribution is 2.27. The Hall–Kier alpha value is -1.84. The van der Waals surface area contributed by atoms with Crippen molar-refractivity contribution in [1.82, 2.24) is 4.90 Å². The van der Waals surface area contributed by atoms with E-state index in [4.69, 9.17) is 5.73 Å². The van der Waals surface area contributed by atoms with Crippen LogP contribution in [0, 0.1) is 0 Å². The lowest BCUT2D eigenvalue weighted by molar-refractivity contribution is 0.272. The molecule has 0 atom stereocenters. The molecule has 0 radical (unpaired) electrons. The van der Waals surface area contributed by atoms with Crippen molar-refractivity contribution in [1.29, 1.82) is 0 Å². The van der Waals surface area contributed by atoms with E-state index in [1.807, 2.05) is 23.5 Å². The van der Waals surface area contributed by atoms with Gasteiger partial charge in [0.05, 0.1) is 0 Å². The Morgan fingerprint density at radius 1 is 1.00 bits per heavy atom. The molecule has 3 heteroatoms. The minimum absolute atomic E-state index is 0.825. The number of rotatable bonds is 5. The van der Waals surface area contributed by atoms with Crippen molar-refractivity contribution in [2.75, 3.05) is 12.3 Å². The van der Waals surface area contributed by atoms with Gasteiger partial charge in [-0.2, -0.15) is 0 Å². The summed E-state index contributed by atoms with van der Waals surface area (Å²) in [7, 11) is 0. The molecular formula is C18H20N2S. The third kappa shape index (κ3) is 3.26. The molecule has 0 unspecified atom stereocenters. The lowest BCUT2D eigenvalue weighted by Gasteiger charge is -2.20. The van der Waals surface area contributed by atoms with Crippen molar-refractivity contribution < 1.29 is 0 Å². The van der Waals surface area contributed by atoms with E-state index < -0.39 is 0 Å². The fourth-order valence-electron chi connectivity index (χ4n) is 2.56.